The smallest absolute Gasteiger partial charge is 0.227 e. The van der Waals surface area contributed by atoms with Crippen molar-refractivity contribution in [3.05, 3.63) is 77.8 Å². The molecule has 0 spiro atoms. The van der Waals surface area contributed by atoms with E-state index in [4.69, 9.17) is 4.52 Å². The van der Waals surface area contributed by atoms with Gasteiger partial charge in [-0.25, -0.2) is 8.78 Å². The molecule has 1 amide bonds. The molecule has 0 unspecified atom stereocenters. The zero-order valence-corrected chi connectivity index (χ0v) is 19.5. The molecule has 2 heterocycles. The lowest BCUT2D eigenvalue weighted by Crippen LogP contribution is -2.27. The predicted octanol–water partition coefficient (Wildman–Crippen LogP) is 5.21. The molecule has 35 heavy (non-hydrogen) atoms. The lowest BCUT2D eigenvalue weighted by atomic mass is 10.1. The molecule has 0 aliphatic carbocycles. The third-order valence-electron chi connectivity index (χ3n) is 5.74. The van der Waals surface area contributed by atoms with Gasteiger partial charge in [-0.05, 0) is 61.7 Å². The Labute approximate surface area is 202 Å². The van der Waals surface area contributed by atoms with Gasteiger partial charge in [0.2, 0.25) is 17.6 Å². The van der Waals surface area contributed by atoms with Crippen LogP contribution in [0.5, 0.6) is 0 Å². The summed E-state index contributed by atoms with van der Waals surface area (Å²) in [5.74, 6) is 0.157. The molecule has 182 valence electrons. The van der Waals surface area contributed by atoms with Gasteiger partial charge in [0, 0.05) is 43.3 Å². The second-order valence-corrected chi connectivity index (χ2v) is 8.43. The number of unbranched alkanes of at least 4 members (excludes halogenated alkanes) is 2. The summed E-state index contributed by atoms with van der Waals surface area (Å²) >= 11 is 0. The summed E-state index contributed by atoms with van der Waals surface area (Å²) in [5, 5.41) is 11.2. The zero-order valence-electron chi connectivity index (χ0n) is 19.5. The molecule has 2 aromatic heterocycles. The lowest BCUT2D eigenvalue weighted by molar-refractivity contribution is -0.130. The number of nitrogens with one attached hydrogen (secondary N) is 1. The SMILES string of the molecule is CN(CCCCCc1cc(-c2cccc(F)c2)n[nH]1)C(=O)CCc1nc(-c2ccc(F)cc2)no1. The molecule has 0 atom stereocenters. The fourth-order valence-electron chi connectivity index (χ4n) is 3.73. The van der Waals surface area contributed by atoms with Crippen LogP contribution in [-0.4, -0.2) is 44.7 Å². The minimum absolute atomic E-state index is 0.0137. The molecule has 9 heteroatoms. The molecule has 0 bridgehead atoms. The van der Waals surface area contributed by atoms with Crippen molar-refractivity contribution in [3.63, 3.8) is 0 Å². The normalized spacial score (nSPS) is 11.1. The molecular formula is C26H27F2N5O2. The van der Waals surface area contributed by atoms with Gasteiger partial charge in [-0.3, -0.25) is 9.89 Å². The maximum atomic E-state index is 13.4. The van der Waals surface area contributed by atoms with E-state index in [9.17, 15) is 13.6 Å². The van der Waals surface area contributed by atoms with Crippen molar-refractivity contribution in [3.8, 4) is 22.6 Å². The second-order valence-electron chi connectivity index (χ2n) is 8.43. The number of benzene rings is 2. The third-order valence-corrected chi connectivity index (χ3v) is 5.74. The molecule has 0 fully saturated rings. The molecule has 0 saturated carbocycles. The first-order valence-corrected chi connectivity index (χ1v) is 11.6. The Balaban J connectivity index is 1.14. The van der Waals surface area contributed by atoms with Gasteiger partial charge in [-0.2, -0.15) is 10.1 Å². The average Bonchev–Trinajstić information content (AvgIpc) is 3.53. The number of nitrogens with zero attached hydrogens (tertiary/aromatic N) is 4. The van der Waals surface area contributed by atoms with Crippen LogP contribution in [0.3, 0.4) is 0 Å². The first-order chi connectivity index (χ1) is 17.0. The number of hydrogen-bond acceptors (Lipinski definition) is 5. The summed E-state index contributed by atoms with van der Waals surface area (Å²) in [4.78, 5) is 18.4. The van der Waals surface area contributed by atoms with Crippen molar-refractivity contribution in [2.24, 2.45) is 0 Å². The van der Waals surface area contributed by atoms with Crippen molar-refractivity contribution in [2.75, 3.05) is 13.6 Å². The standard InChI is InChI=1S/C26H27F2N5O2/c1-33(25(34)14-13-24-29-26(32-35-24)18-9-11-20(27)12-10-18)15-4-2-3-8-22-17-23(31-30-22)19-6-5-7-21(28)16-19/h5-7,9-12,16-17H,2-4,8,13-15H2,1H3,(H,30,31). The van der Waals surface area contributed by atoms with E-state index in [0.29, 0.717) is 30.2 Å². The molecule has 0 radical (unpaired) electrons. The Hall–Kier alpha value is -3.88. The highest BCUT2D eigenvalue weighted by molar-refractivity contribution is 5.76. The van der Waals surface area contributed by atoms with Gasteiger partial charge in [-0.1, -0.05) is 23.7 Å². The van der Waals surface area contributed by atoms with Crippen LogP contribution in [-0.2, 0) is 17.6 Å². The van der Waals surface area contributed by atoms with Crippen LogP contribution in [0.4, 0.5) is 8.78 Å². The first kappa shape index (κ1) is 24.3. The largest absolute Gasteiger partial charge is 0.346 e. The van der Waals surface area contributed by atoms with Gasteiger partial charge >= 0.3 is 0 Å². The van der Waals surface area contributed by atoms with E-state index >= 15 is 0 Å². The Morgan fingerprint density at radius 2 is 1.80 bits per heavy atom. The summed E-state index contributed by atoms with van der Waals surface area (Å²) in [7, 11) is 1.79. The van der Waals surface area contributed by atoms with E-state index in [1.807, 2.05) is 12.1 Å². The fourth-order valence-corrected chi connectivity index (χ4v) is 3.73. The Kier molecular flexibility index (Phi) is 7.97. The van der Waals surface area contributed by atoms with Crippen molar-refractivity contribution >= 4 is 5.91 Å². The Morgan fingerprint density at radius 1 is 0.971 bits per heavy atom. The summed E-state index contributed by atoms with van der Waals surface area (Å²) in [6, 6.07) is 14.2. The van der Waals surface area contributed by atoms with E-state index in [-0.39, 0.29) is 24.0 Å². The van der Waals surface area contributed by atoms with E-state index in [1.165, 1.54) is 24.3 Å². The summed E-state index contributed by atoms with van der Waals surface area (Å²) in [6.45, 7) is 0.668. The summed E-state index contributed by atoms with van der Waals surface area (Å²) in [5.41, 5.74) is 3.15. The molecule has 2 aromatic carbocycles. The molecular weight excluding hydrogens is 452 g/mol. The fraction of sp³-hybridized carbons (Fsp3) is 0.308. The van der Waals surface area contributed by atoms with Crippen LogP contribution in [0, 0.1) is 11.6 Å². The minimum atomic E-state index is -0.331. The van der Waals surface area contributed by atoms with Gasteiger partial charge in [0.15, 0.2) is 0 Å². The maximum Gasteiger partial charge on any atom is 0.227 e. The van der Waals surface area contributed by atoms with E-state index in [1.54, 1.807) is 30.1 Å². The number of carbonyl (C=O) groups excluding carboxylic acids is 1. The van der Waals surface area contributed by atoms with E-state index < -0.39 is 0 Å². The van der Waals surface area contributed by atoms with E-state index in [2.05, 4.69) is 20.3 Å². The predicted molar refractivity (Wildman–Crippen MR) is 127 cm³/mol. The van der Waals surface area contributed by atoms with Crippen LogP contribution in [0.25, 0.3) is 22.6 Å². The van der Waals surface area contributed by atoms with Crippen molar-refractivity contribution in [1.29, 1.82) is 0 Å². The maximum absolute atomic E-state index is 13.4. The quantitative estimate of drug-likeness (QED) is 0.299. The number of aromatic amines is 1. The van der Waals surface area contributed by atoms with Gasteiger partial charge in [0.05, 0.1) is 5.69 Å². The highest BCUT2D eigenvalue weighted by Crippen LogP contribution is 2.20. The van der Waals surface area contributed by atoms with Crippen LogP contribution in [0.2, 0.25) is 0 Å². The highest BCUT2D eigenvalue weighted by Gasteiger charge is 2.13. The number of H-pyrrole nitrogens is 1. The number of rotatable bonds is 11. The zero-order chi connectivity index (χ0) is 24.6. The van der Waals surface area contributed by atoms with Gasteiger partial charge < -0.3 is 9.42 Å². The molecule has 7 nitrogen and oxygen atoms in total. The van der Waals surface area contributed by atoms with Crippen LogP contribution in [0.15, 0.2) is 59.1 Å². The highest BCUT2D eigenvalue weighted by atomic mass is 19.1. The van der Waals surface area contributed by atoms with Crippen molar-refractivity contribution < 1.29 is 18.1 Å². The van der Waals surface area contributed by atoms with E-state index in [0.717, 1.165) is 42.6 Å². The molecule has 1 N–H and O–H groups in total. The minimum Gasteiger partial charge on any atom is -0.346 e. The van der Waals surface area contributed by atoms with Crippen LogP contribution < -0.4 is 0 Å². The number of aryl methyl sites for hydroxylation is 2. The Morgan fingerprint density at radius 3 is 2.60 bits per heavy atom. The van der Waals surface area contributed by atoms with Crippen LogP contribution >= 0.6 is 0 Å². The lowest BCUT2D eigenvalue weighted by Gasteiger charge is -2.16. The third kappa shape index (κ3) is 6.81. The number of hydrogen-bond donors (Lipinski definition) is 1. The van der Waals surface area contributed by atoms with Crippen molar-refractivity contribution in [1.82, 2.24) is 25.2 Å². The number of amides is 1. The van der Waals surface area contributed by atoms with Crippen molar-refractivity contribution in [2.45, 2.75) is 38.5 Å². The van der Waals surface area contributed by atoms with Gasteiger partial charge in [0.1, 0.15) is 11.6 Å². The van der Waals surface area contributed by atoms with Gasteiger partial charge in [-0.15, -0.1) is 0 Å². The summed E-state index contributed by atoms with van der Waals surface area (Å²) < 4.78 is 31.7. The van der Waals surface area contributed by atoms with Crippen LogP contribution in [0.1, 0.15) is 37.3 Å². The first-order valence-electron chi connectivity index (χ1n) is 11.6. The second kappa shape index (κ2) is 11.5. The summed E-state index contributed by atoms with van der Waals surface area (Å²) in [6.07, 6.45) is 4.29. The Bertz CT molecular complexity index is 1250. The topological polar surface area (TPSA) is 87.9 Å². The molecule has 0 saturated heterocycles. The molecule has 4 rings (SSSR count). The molecule has 0 aliphatic rings. The number of halogens is 2. The van der Waals surface area contributed by atoms with Gasteiger partial charge in [0.25, 0.3) is 0 Å². The average molecular weight is 480 g/mol. The number of carbonyl (C=O) groups is 1. The number of aromatic nitrogens is 4. The monoisotopic (exact) mass is 479 g/mol. The molecule has 4 aromatic rings. The molecule has 0 aliphatic heterocycles.